The number of aldehydes is 1. The zero-order valence-corrected chi connectivity index (χ0v) is 11.5. The standard InChI is InChI=1S/C10H10O3.2C2H6/c1-7-5-8(6-11)3-4-9(7)10(12)13-2;2*1-2/h3-6H,1-2H3;2*1-2H3. The number of carbonyl (C=O) groups is 2. The van der Waals surface area contributed by atoms with E-state index in [2.05, 4.69) is 4.74 Å². The van der Waals surface area contributed by atoms with E-state index in [9.17, 15) is 9.59 Å². The van der Waals surface area contributed by atoms with Crippen molar-refractivity contribution in [2.45, 2.75) is 34.6 Å². The highest BCUT2D eigenvalue weighted by molar-refractivity contribution is 5.92. The zero-order valence-electron chi connectivity index (χ0n) is 11.5. The number of benzene rings is 1. The summed E-state index contributed by atoms with van der Waals surface area (Å²) in [7, 11) is 1.33. The molecule has 0 unspecified atom stereocenters. The smallest absolute Gasteiger partial charge is 0.338 e. The van der Waals surface area contributed by atoms with Crippen molar-refractivity contribution < 1.29 is 14.3 Å². The van der Waals surface area contributed by atoms with Gasteiger partial charge in [0, 0.05) is 5.56 Å². The Morgan fingerprint density at radius 1 is 1.18 bits per heavy atom. The minimum atomic E-state index is -0.380. The molecule has 0 aliphatic carbocycles. The van der Waals surface area contributed by atoms with E-state index < -0.39 is 0 Å². The molecular formula is C14H22O3. The normalized spacial score (nSPS) is 7.88. The van der Waals surface area contributed by atoms with E-state index in [1.54, 1.807) is 25.1 Å². The molecule has 0 amide bonds. The maximum absolute atomic E-state index is 11.1. The first-order valence-electron chi connectivity index (χ1n) is 5.83. The van der Waals surface area contributed by atoms with E-state index in [0.717, 1.165) is 11.8 Å². The predicted molar refractivity (Wildman–Crippen MR) is 70.6 cm³/mol. The second-order valence-electron chi connectivity index (χ2n) is 2.68. The number of ether oxygens (including phenoxy) is 1. The Morgan fingerprint density at radius 3 is 2.06 bits per heavy atom. The van der Waals surface area contributed by atoms with Gasteiger partial charge in [-0.25, -0.2) is 4.79 Å². The fourth-order valence-corrected chi connectivity index (χ4v) is 1.10. The maximum Gasteiger partial charge on any atom is 0.338 e. The Hall–Kier alpha value is -1.64. The van der Waals surface area contributed by atoms with Crippen LogP contribution in [0.5, 0.6) is 0 Å². The summed E-state index contributed by atoms with van der Waals surface area (Å²) in [4.78, 5) is 21.5. The largest absolute Gasteiger partial charge is 0.465 e. The molecule has 17 heavy (non-hydrogen) atoms. The van der Waals surface area contributed by atoms with Crippen LogP contribution in [0.25, 0.3) is 0 Å². The molecule has 0 fully saturated rings. The average molecular weight is 238 g/mol. The van der Waals surface area contributed by atoms with Crippen LogP contribution in [0.3, 0.4) is 0 Å². The summed E-state index contributed by atoms with van der Waals surface area (Å²) in [5.41, 5.74) is 1.80. The third kappa shape index (κ3) is 5.85. The number of carbonyl (C=O) groups excluding carboxylic acids is 2. The van der Waals surface area contributed by atoms with E-state index in [4.69, 9.17) is 0 Å². The van der Waals surface area contributed by atoms with Crippen molar-refractivity contribution >= 4 is 12.3 Å². The Bertz CT molecular complexity index is 343. The number of hydrogen-bond acceptors (Lipinski definition) is 3. The van der Waals surface area contributed by atoms with Crippen molar-refractivity contribution in [3.8, 4) is 0 Å². The van der Waals surface area contributed by atoms with Crippen LogP contribution in [0.4, 0.5) is 0 Å². The van der Waals surface area contributed by atoms with Gasteiger partial charge in [0.25, 0.3) is 0 Å². The average Bonchev–Trinajstić information content (AvgIpc) is 2.42. The Balaban J connectivity index is 0. The van der Waals surface area contributed by atoms with Crippen LogP contribution in [0.15, 0.2) is 18.2 Å². The molecule has 1 rings (SSSR count). The van der Waals surface area contributed by atoms with Crippen LogP contribution >= 0.6 is 0 Å². The molecule has 0 atom stereocenters. The molecule has 3 heteroatoms. The van der Waals surface area contributed by atoms with Crippen LogP contribution in [0.2, 0.25) is 0 Å². The van der Waals surface area contributed by atoms with E-state index in [0.29, 0.717) is 11.1 Å². The minimum Gasteiger partial charge on any atom is -0.465 e. The van der Waals surface area contributed by atoms with Crippen molar-refractivity contribution in [3.63, 3.8) is 0 Å². The molecule has 0 aliphatic heterocycles. The lowest BCUT2D eigenvalue weighted by Crippen LogP contribution is -2.03. The number of rotatable bonds is 2. The molecular weight excluding hydrogens is 216 g/mol. The molecule has 3 nitrogen and oxygen atoms in total. The summed E-state index contributed by atoms with van der Waals surface area (Å²) in [6.07, 6.45) is 0.744. The molecule has 0 aliphatic rings. The molecule has 0 aromatic heterocycles. The fraction of sp³-hybridized carbons (Fsp3) is 0.429. The number of methoxy groups -OCH3 is 1. The SMILES string of the molecule is CC.CC.COC(=O)c1ccc(C=O)cc1C. The molecule has 0 N–H and O–H groups in total. The highest BCUT2D eigenvalue weighted by atomic mass is 16.5. The van der Waals surface area contributed by atoms with Gasteiger partial charge < -0.3 is 4.74 Å². The lowest BCUT2D eigenvalue weighted by molar-refractivity contribution is 0.0599. The van der Waals surface area contributed by atoms with Gasteiger partial charge in [0.1, 0.15) is 6.29 Å². The third-order valence-electron chi connectivity index (χ3n) is 1.79. The first kappa shape index (κ1) is 17.7. The van der Waals surface area contributed by atoms with Gasteiger partial charge in [0.05, 0.1) is 12.7 Å². The van der Waals surface area contributed by atoms with Crippen molar-refractivity contribution in [3.05, 3.63) is 34.9 Å². The second-order valence-corrected chi connectivity index (χ2v) is 2.68. The van der Waals surface area contributed by atoms with Crippen LogP contribution in [0.1, 0.15) is 54.0 Å². The predicted octanol–water partition coefficient (Wildman–Crippen LogP) is 3.65. The summed E-state index contributed by atoms with van der Waals surface area (Å²) < 4.78 is 4.56. The molecule has 0 spiro atoms. The van der Waals surface area contributed by atoms with Crippen molar-refractivity contribution in [2.24, 2.45) is 0 Å². The Morgan fingerprint density at radius 2 is 1.71 bits per heavy atom. The van der Waals surface area contributed by atoms with Gasteiger partial charge in [-0.15, -0.1) is 0 Å². The third-order valence-corrected chi connectivity index (χ3v) is 1.79. The quantitative estimate of drug-likeness (QED) is 0.583. The van der Waals surface area contributed by atoms with Crippen LogP contribution in [-0.2, 0) is 4.74 Å². The van der Waals surface area contributed by atoms with E-state index >= 15 is 0 Å². The van der Waals surface area contributed by atoms with E-state index in [-0.39, 0.29) is 5.97 Å². The van der Waals surface area contributed by atoms with Gasteiger partial charge >= 0.3 is 5.97 Å². The van der Waals surface area contributed by atoms with Gasteiger partial charge in [-0.3, -0.25) is 4.79 Å². The van der Waals surface area contributed by atoms with Gasteiger partial charge in [-0.05, 0) is 24.6 Å². The number of hydrogen-bond donors (Lipinski definition) is 0. The minimum absolute atomic E-state index is 0.380. The molecule has 96 valence electrons. The molecule has 0 heterocycles. The monoisotopic (exact) mass is 238 g/mol. The second kappa shape index (κ2) is 10.9. The highest BCUT2D eigenvalue weighted by Gasteiger charge is 2.08. The van der Waals surface area contributed by atoms with Crippen LogP contribution in [-0.4, -0.2) is 19.4 Å². The molecule has 0 radical (unpaired) electrons. The number of aryl methyl sites for hydroxylation is 1. The maximum atomic E-state index is 11.1. The molecule has 0 saturated carbocycles. The first-order chi connectivity index (χ1) is 8.19. The lowest BCUT2D eigenvalue weighted by Gasteiger charge is -2.03. The van der Waals surface area contributed by atoms with Crippen molar-refractivity contribution in [1.82, 2.24) is 0 Å². The van der Waals surface area contributed by atoms with Crippen molar-refractivity contribution in [1.29, 1.82) is 0 Å². The summed E-state index contributed by atoms with van der Waals surface area (Å²) in [6, 6.07) is 4.83. The Kier molecular flexibility index (Phi) is 11.3. The van der Waals surface area contributed by atoms with Gasteiger partial charge in [-0.2, -0.15) is 0 Å². The first-order valence-corrected chi connectivity index (χ1v) is 5.83. The molecule has 1 aromatic carbocycles. The van der Waals surface area contributed by atoms with E-state index in [1.807, 2.05) is 27.7 Å². The van der Waals surface area contributed by atoms with Crippen LogP contribution in [0, 0.1) is 6.92 Å². The van der Waals surface area contributed by atoms with Crippen LogP contribution < -0.4 is 0 Å². The summed E-state index contributed by atoms with van der Waals surface area (Å²) in [5.74, 6) is -0.380. The van der Waals surface area contributed by atoms with Gasteiger partial charge in [-0.1, -0.05) is 33.8 Å². The van der Waals surface area contributed by atoms with Gasteiger partial charge in [0.2, 0.25) is 0 Å². The highest BCUT2D eigenvalue weighted by Crippen LogP contribution is 2.10. The van der Waals surface area contributed by atoms with E-state index in [1.165, 1.54) is 7.11 Å². The zero-order chi connectivity index (χ0) is 13.8. The lowest BCUT2D eigenvalue weighted by atomic mass is 10.1. The number of esters is 1. The molecule has 0 bridgehead atoms. The molecule has 1 aromatic rings. The van der Waals surface area contributed by atoms with Crippen molar-refractivity contribution in [2.75, 3.05) is 7.11 Å². The Labute approximate surface area is 104 Å². The molecule has 0 saturated heterocycles. The summed E-state index contributed by atoms with van der Waals surface area (Å²) in [5, 5.41) is 0. The summed E-state index contributed by atoms with van der Waals surface area (Å²) in [6.45, 7) is 9.76. The topological polar surface area (TPSA) is 43.4 Å². The van der Waals surface area contributed by atoms with Gasteiger partial charge in [0.15, 0.2) is 0 Å². The summed E-state index contributed by atoms with van der Waals surface area (Å²) >= 11 is 0. The fourth-order valence-electron chi connectivity index (χ4n) is 1.10.